The second-order valence-electron chi connectivity index (χ2n) is 3.44. The van der Waals surface area contributed by atoms with Crippen LogP contribution < -0.4 is 4.74 Å². The molecule has 1 aliphatic rings. The average Bonchev–Trinajstić information content (AvgIpc) is 2.70. The topological polar surface area (TPSA) is 38.7 Å². The Morgan fingerprint density at radius 3 is 2.79 bits per heavy atom. The highest BCUT2D eigenvalue weighted by molar-refractivity contribution is 5.30. The summed E-state index contributed by atoms with van der Waals surface area (Å²) in [7, 11) is 0. The summed E-state index contributed by atoms with van der Waals surface area (Å²) >= 11 is 0. The standard InChI is InChI=1S/C11H14O3/c12-9-3-5-10(6-4-9)14-8-11-2-1-7-13-11/h3-6,11-12H,1-2,7-8H2. The predicted octanol–water partition coefficient (Wildman–Crippen LogP) is 1.95. The van der Waals surface area contributed by atoms with Gasteiger partial charge in [-0.05, 0) is 37.1 Å². The van der Waals surface area contributed by atoms with Crippen molar-refractivity contribution in [1.29, 1.82) is 0 Å². The maximum atomic E-state index is 9.06. The first-order chi connectivity index (χ1) is 6.84. The molecule has 0 bridgehead atoms. The summed E-state index contributed by atoms with van der Waals surface area (Å²) in [6, 6.07) is 6.74. The molecule has 3 nitrogen and oxygen atoms in total. The Morgan fingerprint density at radius 2 is 2.14 bits per heavy atom. The molecule has 0 saturated carbocycles. The highest BCUT2D eigenvalue weighted by Gasteiger charge is 2.15. The van der Waals surface area contributed by atoms with Crippen LogP contribution in [-0.2, 0) is 4.74 Å². The van der Waals surface area contributed by atoms with Gasteiger partial charge < -0.3 is 14.6 Å². The first kappa shape index (κ1) is 9.34. The Balaban J connectivity index is 1.82. The van der Waals surface area contributed by atoms with Gasteiger partial charge >= 0.3 is 0 Å². The molecule has 2 rings (SSSR count). The van der Waals surface area contributed by atoms with Gasteiger partial charge in [0.25, 0.3) is 0 Å². The summed E-state index contributed by atoms with van der Waals surface area (Å²) in [5.41, 5.74) is 0. The van der Waals surface area contributed by atoms with Crippen molar-refractivity contribution in [2.45, 2.75) is 18.9 Å². The zero-order valence-electron chi connectivity index (χ0n) is 7.98. The number of phenolic OH excluding ortho intramolecular Hbond substituents is 1. The third-order valence-corrected chi connectivity index (χ3v) is 2.30. The summed E-state index contributed by atoms with van der Waals surface area (Å²) in [6.45, 7) is 1.45. The Hall–Kier alpha value is -1.22. The molecule has 1 heterocycles. The van der Waals surface area contributed by atoms with Crippen molar-refractivity contribution in [2.75, 3.05) is 13.2 Å². The van der Waals surface area contributed by atoms with Crippen LogP contribution in [0.2, 0.25) is 0 Å². The number of hydrogen-bond donors (Lipinski definition) is 1. The fourth-order valence-corrected chi connectivity index (χ4v) is 1.51. The first-order valence-electron chi connectivity index (χ1n) is 4.88. The van der Waals surface area contributed by atoms with E-state index in [0.29, 0.717) is 6.61 Å². The predicted molar refractivity (Wildman–Crippen MR) is 52.6 cm³/mol. The fraction of sp³-hybridized carbons (Fsp3) is 0.455. The zero-order valence-corrected chi connectivity index (χ0v) is 7.98. The molecule has 0 spiro atoms. The molecule has 3 heteroatoms. The molecule has 1 saturated heterocycles. The quantitative estimate of drug-likeness (QED) is 0.799. The molecule has 0 radical (unpaired) electrons. The van der Waals surface area contributed by atoms with Gasteiger partial charge in [0.15, 0.2) is 0 Å². The van der Waals surface area contributed by atoms with Crippen molar-refractivity contribution in [1.82, 2.24) is 0 Å². The Labute approximate surface area is 83.3 Å². The summed E-state index contributed by atoms with van der Waals surface area (Å²) in [4.78, 5) is 0. The van der Waals surface area contributed by atoms with Crippen molar-refractivity contribution < 1.29 is 14.6 Å². The molecule has 1 N–H and O–H groups in total. The van der Waals surface area contributed by atoms with Crippen LogP contribution in [0.3, 0.4) is 0 Å². The number of rotatable bonds is 3. The highest BCUT2D eigenvalue weighted by Crippen LogP contribution is 2.18. The fourth-order valence-electron chi connectivity index (χ4n) is 1.51. The van der Waals surface area contributed by atoms with E-state index in [2.05, 4.69) is 0 Å². The van der Waals surface area contributed by atoms with E-state index in [9.17, 15) is 0 Å². The van der Waals surface area contributed by atoms with Crippen molar-refractivity contribution in [3.63, 3.8) is 0 Å². The molecule has 1 unspecified atom stereocenters. The van der Waals surface area contributed by atoms with Gasteiger partial charge in [-0.3, -0.25) is 0 Å². The van der Waals surface area contributed by atoms with Crippen LogP contribution in [0.1, 0.15) is 12.8 Å². The van der Waals surface area contributed by atoms with Crippen LogP contribution in [0.4, 0.5) is 0 Å². The largest absolute Gasteiger partial charge is 0.508 e. The molecular formula is C11H14O3. The molecule has 1 fully saturated rings. The number of aromatic hydroxyl groups is 1. The molecule has 1 aromatic carbocycles. The number of ether oxygens (including phenoxy) is 2. The second kappa shape index (κ2) is 4.33. The van der Waals surface area contributed by atoms with E-state index in [1.807, 2.05) is 0 Å². The van der Waals surface area contributed by atoms with Crippen molar-refractivity contribution in [3.05, 3.63) is 24.3 Å². The van der Waals surface area contributed by atoms with E-state index in [1.54, 1.807) is 24.3 Å². The Bertz CT molecular complexity index is 275. The highest BCUT2D eigenvalue weighted by atomic mass is 16.5. The van der Waals surface area contributed by atoms with Gasteiger partial charge in [-0.25, -0.2) is 0 Å². The lowest BCUT2D eigenvalue weighted by Gasteiger charge is -2.11. The van der Waals surface area contributed by atoms with E-state index in [-0.39, 0.29) is 11.9 Å². The maximum absolute atomic E-state index is 9.06. The SMILES string of the molecule is Oc1ccc(OCC2CCCO2)cc1. The molecule has 76 valence electrons. The van der Waals surface area contributed by atoms with E-state index in [4.69, 9.17) is 14.6 Å². The van der Waals surface area contributed by atoms with Crippen LogP contribution in [0.25, 0.3) is 0 Å². The van der Waals surface area contributed by atoms with E-state index in [1.165, 1.54) is 0 Å². The Kier molecular flexibility index (Phi) is 2.89. The van der Waals surface area contributed by atoms with E-state index >= 15 is 0 Å². The van der Waals surface area contributed by atoms with Crippen LogP contribution in [0.5, 0.6) is 11.5 Å². The second-order valence-corrected chi connectivity index (χ2v) is 3.44. The number of phenols is 1. The van der Waals surface area contributed by atoms with Crippen LogP contribution in [-0.4, -0.2) is 24.4 Å². The zero-order chi connectivity index (χ0) is 9.80. The molecule has 1 aromatic rings. The number of benzene rings is 1. The normalized spacial score (nSPS) is 21.0. The third-order valence-electron chi connectivity index (χ3n) is 2.30. The van der Waals surface area contributed by atoms with Crippen molar-refractivity contribution >= 4 is 0 Å². The van der Waals surface area contributed by atoms with Crippen molar-refractivity contribution in [2.24, 2.45) is 0 Å². The third kappa shape index (κ3) is 2.39. The van der Waals surface area contributed by atoms with Crippen LogP contribution in [0.15, 0.2) is 24.3 Å². The molecule has 14 heavy (non-hydrogen) atoms. The van der Waals surface area contributed by atoms with Gasteiger partial charge in [-0.2, -0.15) is 0 Å². The molecule has 0 aromatic heterocycles. The minimum Gasteiger partial charge on any atom is -0.508 e. The van der Waals surface area contributed by atoms with Gasteiger partial charge in [0.2, 0.25) is 0 Å². The smallest absolute Gasteiger partial charge is 0.119 e. The van der Waals surface area contributed by atoms with E-state index < -0.39 is 0 Å². The van der Waals surface area contributed by atoms with Crippen LogP contribution >= 0.6 is 0 Å². The lowest BCUT2D eigenvalue weighted by atomic mass is 10.2. The summed E-state index contributed by atoms with van der Waals surface area (Å²) in [5.74, 6) is 1.03. The van der Waals surface area contributed by atoms with Gasteiger partial charge in [0.1, 0.15) is 18.1 Å². The summed E-state index contributed by atoms with van der Waals surface area (Å²) in [5, 5.41) is 9.06. The lowest BCUT2D eigenvalue weighted by Crippen LogP contribution is -2.16. The van der Waals surface area contributed by atoms with Gasteiger partial charge in [-0.1, -0.05) is 0 Å². The minimum absolute atomic E-state index is 0.240. The maximum Gasteiger partial charge on any atom is 0.119 e. The average molecular weight is 194 g/mol. The monoisotopic (exact) mass is 194 g/mol. The van der Waals surface area contributed by atoms with Gasteiger partial charge in [-0.15, -0.1) is 0 Å². The van der Waals surface area contributed by atoms with Crippen molar-refractivity contribution in [3.8, 4) is 11.5 Å². The minimum atomic E-state index is 0.240. The number of hydrogen-bond acceptors (Lipinski definition) is 3. The molecule has 1 aliphatic heterocycles. The van der Waals surface area contributed by atoms with Gasteiger partial charge in [0, 0.05) is 6.61 Å². The van der Waals surface area contributed by atoms with Gasteiger partial charge in [0.05, 0.1) is 6.10 Å². The molecule has 0 amide bonds. The van der Waals surface area contributed by atoms with Crippen LogP contribution in [0, 0.1) is 0 Å². The molecule has 0 aliphatic carbocycles. The lowest BCUT2D eigenvalue weighted by molar-refractivity contribution is 0.0679. The summed E-state index contributed by atoms with van der Waals surface area (Å²) < 4.78 is 10.9. The van der Waals surface area contributed by atoms with E-state index in [0.717, 1.165) is 25.2 Å². The Morgan fingerprint density at radius 1 is 1.36 bits per heavy atom. The molecular weight excluding hydrogens is 180 g/mol. The molecule has 1 atom stereocenters. The first-order valence-corrected chi connectivity index (χ1v) is 4.88. The summed E-state index contributed by atoms with van der Waals surface area (Å²) in [6.07, 6.45) is 2.45.